The summed E-state index contributed by atoms with van der Waals surface area (Å²) < 4.78 is 28.0. The molecule has 2 aliphatic rings. The lowest BCUT2D eigenvalue weighted by Gasteiger charge is -2.34. The highest BCUT2D eigenvalue weighted by Crippen LogP contribution is 2.31. The van der Waals surface area contributed by atoms with Crippen LogP contribution in [0, 0.1) is 5.92 Å². The van der Waals surface area contributed by atoms with Crippen LogP contribution in [0.15, 0.2) is 0 Å². The quantitative estimate of drug-likeness (QED) is 0.781. The summed E-state index contributed by atoms with van der Waals surface area (Å²) in [5.41, 5.74) is 0. The molecule has 0 spiro atoms. The molecule has 5 nitrogen and oxygen atoms in total. The van der Waals surface area contributed by atoms with Gasteiger partial charge >= 0.3 is 0 Å². The van der Waals surface area contributed by atoms with E-state index >= 15 is 0 Å². The maximum atomic E-state index is 12.4. The van der Waals surface area contributed by atoms with Crippen molar-refractivity contribution in [3.63, 3.8) is 0 Å². The Bertz CT molecular complexity index is 354. The van der Waals surface area contributed by atoms with Gasteiger partial charge in [-0.1, -0.05) is 6.92 Å². The second-order valence-corrected chi connectivity index (χ2v) is 7.06. The summed E-state index contributed by atoms with van der Waals surface area (Å²) in [6.45, 7) is 3.48. The molecule has 0 aromatic heterocycles. The van der Waals surface area contributed by atoms with Crippen LogP contribution in [-0.4, -0.2) is 54.4 Å². The smallest absolute Gasteiger partial charge is 0.282 e. The fraction of sp³-hybridized carbons (Fsp3) is 1.00. The highest BCUT2D eigenvalue weighted by Gasteiger charge is 2.40. The van der Waals surface area contributed by atoms with Crippen LogP contribution in [-0.2, 0) is 10.2 Å². The molecule has 1 saturated heterocycles. The Morgan fingerprint density at radius 2 is 2.06 bits per heavy atom. The maximum Gasteiger partial charge on any atom is 0.282 e. The molecule has 6 heteroatoms. The zero-order chi connectivity index (χ0) is 12.5. The van der Waals surface area contributed by atoms with Crippen molar-refractivity contribution in [2.24, 2.45) is 5.92 Å². The highest BCUT2D eigenvalue weighted by atomic mass is 32.2. The van der Waals surface area contributed by atoms with Crippen molar-refractivity contribution in [3.05, 3.63) is 0 Å². The van der Waals surface area contributed by atoms with Crippen molar-refractivity contribution in [2.75, 3.05) is 26.2 Å². The normalized spacial score (nSPS) is 27.6. The molecule has 1 atom stereocenters. The number of piperidine rings is 1. The molecule has 17 heavy (non-hydrogen) atoms. The molecule has 1 aliphatic heterocycles. The second kappa shape index (κ2) is 5.22. The van der Waals surface area contributed by atoms with Gasteiger partial charge in [-0.05, 0) is 31.6 Å². The molecule has 0 radical (unpaired) electrons. The van der Waals surface area contributed by atoms with Crippen LogP contribution in [0.1, 0.15) is 32.6 Å². The van der Waals surface area contributed by atoms with Crippen molar-refractivity contribution < 1.29 is 13.5 Å². The predicted molar refractivity (Wildman–Crippen MR) is 65.7 cm³/mol. The van der Waals surface area contributed by atoms with E-state index in [0.29, 0.717) is 19.0 Å². The third-order valence-corrected chi connectivity index (χ3v) is 5.57. The number of hydrogen-bond donors (Lipinski definition) is 1. The number of aliphatic hydroxyl groups is 1. The monoisotopic (exact) mass is 262 g/mol. The van der Waals surface area contributed by atoms with Gasteiger partial charge in [0, 0.05) is 25.7 Å². The molecular weight excluding hydrogens is 240 g/mol. The Morgan fingerprint density at radius 1 is 1.35 bits per heavy atom. The summed E-state index contributed by atoms with van der Waals surface area (Å²) in [5, 5.41) is 9.00. The molecule has 1 N–H and O–H groups in total. The van der Waals surface area contributed by atoms with Crippen LogP contribution in [0.4, 0.5) is 0 Å². The van der Waals surface area contributed by atoms with Gasteiger partial charge in [0.1, 0.15) is 0 Å². The SMILES string of the molecule is CC1CCCN(S(=O)(=O)N(CCO)C2CC2)C1. The summed E-state index contributed by atoms with van der Waals surface area (Å²) >= 11 is 0. The Hall–Kier alpha value is -0.170. The van der Waals surface area contributed by atoms with E-state index < -0.39 is 10.2 Å². The summed E-state index contributed by atoms with van der Waals surface area (Å²) in [7, 11) is -3.35. The van der Waals surface area contributed by atoms with Crippen LogP contribution < -0.4 is 0 Å². The van der Waals surface area contributed by atoms with Crippen LogP contribution in [0.3, 0.4) is 0 Å². The van der Waals surface area contributed by atoms with Gasteiger partial charge in [-0.2, -0.15) is 17.0 Å². The molecule has 2 rings (SSSR count). The minimum Gasteiger partial charge on any atom is -0.395 e. The van der Waals surface area contributed by atoms with Gasteiger partial charge in [-0.25, -0.2) is 0 Å². The first-order valence-corrected chi connectivity index (χ1v) is 7.83. The van der Waals surface area contributed by atoms with Crippen molar-refractivity contribution >= 4 is 10.2 Å². The summed E-state index contributed by atoms with van der Waals surface area (Å²) in [4.78, 5) is 0. The lowest BCUT2D eigenvalue weighted by molar-refractivity contribution is 0.224. The van der Waals surface area contributed by atoms with Gasteiger partial charge in [0.15, 0.2) is 0 Å². The van der Waals surface area contributed by atoms with Gasteiger partial charge in [-0.15, -0.1) is 0 Å². The minimum absolute atomic E-state index is 0.0981. The van der Waals surface area contributed by atoms with Crippen molar-refractivity contribution in [1.82, 2.24) is 8.61 Å². The molecule has 2 fully saturated rings. The Labute approximate surface area is 104 Å². The standard InChI is InChI=1S/C11H22N2O3S/c1-10-3-2-6-12(9-10)17(15,16)13(7-8-14)11-4-5-11/h10-11,14H,2-9H2,1H3. The zero-order valence-electron chi connectivity index (χ0n) is 10.4. The van der Waals surface area contributed by atoms with E-state index in [9.17, 15) is 8.42 Å². The minimum atomic E-state index is -3.35. The Morgan fingerprint density at radius 3 is 2.59 bits per heavy atom. The maximum absolute atomic E-state index is 12.4. The highest BCUT2D eigenvalue weighted by molar-refractivity contribution is 7.86. The lowest BCUT2D eigenvalue weighted by Crippen LogP contribution is -2.49. The first-order valence-electron chi connectivity index (χ1n) is 6.43. The third-order valence-electron chi connectivity index (χ3n) is 3.52. The van der Waals surface area contributed by atoms with Gasteiger partial charge in [-0.3, -0.25) is 0 Å². The summed E-state index contributed by atoms with van der Waals surface area (Å²) in [6, 6.07) is 0.129. The van der Waals surface area contributed by atoms with Crippen molar-refractivity contribution in [3.8, 4) is 0 Å². The largest absolute Gasteiger partial charge is 0.395 e. The molecule has 0 aromatic carbocycles. The number of nitrogens with zero attached hydrogens (tertiary/aromatic N) is 2. The van der Waals surface area contributed by atoms with Gasteiger partial charge in [0.2, 0.25) is 0 Å². The van der Waals surface area contributed by atoms with E-state index in [1.165, 1.54) is 4.31 Å². The molecule has 1 heterocycles. The average Bonchev–Trinajstić information content (AvgIpc) is 3.09. The van der Waals surface area contributed by atoms with Gasteiger partial charge in [0.25, 0.3) is 10.2 Å². The fourth-order valence-electron chi connectivity index (χ4n) is 2.45. The lowest BCUT2D eigenvalue weighted by atomic mass is 10.0. The van der Waals surface area contributed by atoms with Crippen LogP contribution in [0.25, 0.3) is 0 Å². The topological polar surface area (TPSA) is 60.9 Å². The summed E-state index contributed by atoms with van der Waals surface area (Å²) in [5.74, 6) is 0.439. The summed E-state index contributed by atoms with van der Waals surface area (Å²) in [6.07, 6.45) is 3.92. The average molecular weight is 262 g/mol. The molecule has 0 bridgehead atoms. The molecule has 0 aromatic rings. The van der Waals surface area contributed by atoms with Gasteiger partial charge in [0.05, 0.1) is 6.61 Å². The van der Waals surface area contributed by atoms with Crippen molar-refractivity contribution in [1.29, 1.82) is 0 Å². The van der Waals surface area contributed by atoms with Crippen molar-refractivity contribution in [2.45, 2.75) is 38.6 Å². The first kappa shape index (κ1) is 13.3. The van der Waals surface area contributed by atoms with E-state index in [-0.39, 0.29) is 19.2 Å². The number of rotatable bonds is 5. The van der Waals surface area contributed by atoms with E-state index in [1.807, 2.05) is 0 Å². The Kier molecular flexibility index (Phi) is 4.07. The van der Waals surface area contributed by atoms with E-state index in [2.05, 4.69) is 6.92 Å². The molecule has 1 aliphatic carbocycles. The molecule has 0 amide bonds. The fourth-order valence-corrected chi connectivity index (χ4v) is 4.45. The van der Waals surface area contributed by atoms with Gasteiger partial charge < -0.3 is 5.11 Å². The van der Waals surface area contributed by atoms with E-state index in [1.54, 1.807) is 4.31 Å². The van der Waals surface area contributed by atoms with Crippen LogP contribution in [0.2, 0.25) is 0 Å². The van der Waals surface area contributed by atoms with Crippen LogP contribution in [0.5, 0.6) is 0 Å². The molecule has 1 saturated carbocycles. The first-order chi connectivity index (χ1) is 8.05. The molecule has 1 unspecified atom stereocenters. The molecular formula is C11H22N2O3S. The van der Waals surface area contributed by atoms with E-state index in [0.717, 1.165) is 25.7 Å². The Balaban J connectivity index is 2.09. The zero-order valence-corrected chi connectivity index (χ0v) is 11.2. The van der Waals surface area contributed by atoms with E-state index in [4.69, 9.17) is 5.11 Å². The third kappa shape index (κ3) is 2.99. The van der Waals surface area contributed by atoms with Crippen LogP contribution >= 0.6 is 0 Å². The predicted octanol–water partition coefficient (Wildman–Crippen LogP) is 0.420. The second-order valence-electron chi connectivity index (χ2n) is 5.18. The molecule has 100 valence electrons. The number of aliphatic hydroxyl groups excluding tert-OH is 1. The number of hydrogen-bond acceptors (Lipinski definition) is 3.